The molecule has 0 unspecified atom stereocenters. The van der Waals surface area contributed by atoms with Crippen LogP contribution in [0.5, 0.6) is 0 Å². The number of nitrogens with zero attached hydrogens (tertiary/aromatic N) is 1. The lowest BCUT2D eigenvalue weighted by molar-refractivity contribution is 0.372. The molecule has 0 aliphatic heterocycles. The first-order chi connectivity index (χ1) is 6.93. The molecule has 0 saturated carbocycles. The van der Waals surface area contributed by atoms with E-state index in [4.69, 9.17) is 0 Å². The van der Waals surface area contributed by atoms with Gasteiger partial charge in [0.2, 0.25) is 9.84 Å². The number of aromatic nitrogens is 1. The molecule has 0 aromatic carbocycles. The van der Waals surface area contributed by atoms with Crippen molar-refractivity contribution >= 4 is 9.84 Å². The van der Waals surface area contributed by atoms with Gasteiger partial charge in [-0.15, -0.1) is 0 Å². The van der Waals surface area contributed by atoms with Gasteiger partial charge in [-0.05, 0) is 0 Å². The first-order valence-electron chi connectivity index (χ1n) is 3.75. The van der Waals surface area contributed by atoms with Crippen LogP contribution in [0.3, 0.4) is 0 Å². The maximum atomic E-state index is 12.3. The summed E-state index contributed by atoms with van der Waals surface area (Å²) in [6, 6.07) is 0. The number of sulfone groups is 1. The van der Waals surface area contributed by atoms with Gasteiger partial charge in [-0.2, -0.15) is 8.78 Å². The summed E-state index contributed by atoms with van der Waals surface area (Å²) in [6.45, 7) is 0. The molecule has 0 saturated heterocycles. The highest BCUT2D eigenvalue weighted by molar-refractivity contribution is 7.91. The molecule has 0 fully saturated rings. The van der Waals surface area contributed by atoms with Gasteiger partial charge in [0.25, 0.3) is 0 Å². The van der Waals surface area contributed by atoms with E-state index >= 15 is 0 Å². The van der Waals surface area contributed by atoms with E-state index in [1.165, 1.54) is 0 Å². The maximum Gasteiger partial charge on any atom is 0.314 e. The van der Waals surface area contributed by atoms with Crippen molar-refractivity contribution in [1.29, 1.82) is 0 Å². The molecule has 1 rings (SSSR count). The molecule has 15 heavy (non-hydrogen) atoms. The van der Waals surface area contributed by atoms with E-state index in [1.54, 1.807) is 0 Å². The van der Waals surface area contributed by atoms with Crippen LogP contribution in [0.15, 0.2) is 34.0 Å². The molecule has 0 radical (unpaired) electrons. The Hall–Kier alpha value is -1.31. The van der Waals surface area contributed by atoms with Crippen molar-refractivity contribution < 1.29 is 26.0 Å². The van der Waals surface area contributed by atoms with Gasteiger partial charge in [-0.1, -0.05) is 0 Å². The highest BCUT2D eigenvalue weighted by atomic mass is 32.2. The number of oxazole rings is 1. The minimum absolute atomic E-state index is 0.602. The summed E-state index contributed by atoms with van der Waals surface area (Å²) in [5.74, 6) is -2.55. The Bertz CT molecular complexity index is 448. The van der Waals surface area contributed by atoms with Gasteiger partial charge in [0.05, 0.1) is 11.9 Å². The molecule has 1 aromatic rings. The van der Waals surface area contributed by atoms with Crippen LogP contribution in [0.1, 0.15) is 6.42 Å². The predicted molar refractivity (Wildman–Crippen MR) is 43.5 cm³/mol. The van der Waals surface area contributed by atoms with Crippen molar-refractivity contribution in [2.45, 2.75) is 11.6 Å². The fourth-order valence-electron chi connectivity index (χ4n) is 0.770. The van der Waals surface area contributed by atoms with Gasteiger partial charge in [-0.25, -0.2) is 17.8 Å². The molecular formula is C7H6F3NO3S. The van der Waals surface area contributed by atoms with Crippen LogP contribution >= 0.6 is 0 Å². The van der Waals surface area contributed by atoms with E-state index < -0.39 is 39.1 Å². The van der Waals surface area contributed by atoms with Crippen molar-refractivity contribution in [2.75, 3.05) is 5.75 Å². The van der Waals surface area contributed by atoms with E-state index in [0.29, 0.717) is 0 Å². The quantitative estimate of drug-likeness (QED) is 0.807. The zero-order valence-electron chi connectivity index (χ0n) is 7.28. The molecule has 0 N–H and O–H groups in total. The molecule has 0 aliphatic rings. The SMILES string of the molecule is O=S(=O)(CCC(F)=C(F)F)c1ncco1. The molecule has 0 atom stereocenters. The Morgan fingerprint density at radius 3 is 2.53 bits per heavy atom. The van der Waals surface area contributed by atoms with Crippen LogP contribution in [0.25, 0.3) is 0 Å². The molecule has 84 valence electrons. The van der Waals surface area contributed by atoms with Gasteiger partial charge in [0.1, 0.15) is 6.26 Å². The molecule has 0 amide bonds. The van der Waals surface area contributed by atoms with Crippen LogP contribution in [-0.2, 0) is 9.84 Å². The Morgan fingerprint density at radius 2 is 2.07 bits per heavy atom. The lowest BCUT2D eigenvalue weighted by Gasteiger charge is -1.97. The summed E-state index contributed by atoms with van der Waals surface area (Å²) in [4.78, 5) is 3.33. The van der Waals surface area contributed by atoms with E-state index in [2.05, 4.69) is 9.40 Å². The third-order valence-electron chi connectivity index (χ3n) is 1.47. The minimum atomic E-state index is -3.93. The molecular weight excluding hydrogens is 235 g/mol. The second kappa shape index (κ2) is 4.47. The molecule has 8 heteroatoms. The first-order valence-corrected chi connectivity index (χ1v) is 5.40. The van der Waals surface area contributed by atoms with Crippen molar-refractivity contribution in [3.63, 3.8) is 0 Å². The predicted octanol–water partition coefficient (Wildman–Crippen LogP) is 1.92. The van der Waals surface area contributed by atoms with Gasteiger partial charge >= 0.3 is 11.3 Å². The maximum absolute atomic E-state index is 12.3. The van der Waals surface area contributed by atoms with Crippen LogP contribution in [0, 0.1) is 0 Å². The normalized spacial score (nSPS) is 11.4. The molecule has 4 nitrogen and oxygen atoms in total. The highest BCUT2D eigenvalue weighted by Gasteiger charge is 2.21. The Kier molecular flexibility index (Phi) is 3.51. The summed E-state index contributed by atoms with van der Waals surface area (Å²) >= 11 is 0. The van der Waals surface area contributed by atoms with E-state index in [-0.39, 0.29) is 0 Å². The Labute approximate surface area is 83.3 Å². The minimum Gasteiger partial charge on any atom is -0.437 e. The average molecular weight is 241 g/mol. The fourth-order valence-corrected chi connectivity index (χ4v) is 1.82. The summed E-state index contributed by atoms with van der Waals surface area (Å²) in [7, 11) is -3.93. The Morgan fingerprint density at radius 1 is 1.40 bits per heavy atom. The van der Waals surface area contributed by atoms with Crippen LogP contribution < -0.4 is 0 Å². The third kappa shape index (κ3) is 3.08. The van der Waals surface area contributed by atoms with Gasteiger partial charge < -0.3 is 4.42 Å². The summed E-state index contributed by atoms with van der Waals surface area (Å²) in [6.07, 6.45) is -1.30. The number of hydrogen-bond acceptors (Lipinski definition) is 4. The van der Waals surface area contributed by atoms with E-state index in [0.717, 1.165) is 12.5 Å². The van der Waals surface area contributed by atoms with Gasteiger partial charge in [0.15, 0.2) is 5.83 Å². The molecule has 1 aromatic heterocycles. The molecule has 0 bridgehead atoms. The smallest absolute Gasteiger partial charge is 0.314 e. The summed E-state index contributed by atoms with van der Waals surface area (Å²) < 4.78 is 62.5. The zero-order valence-corrected chi connectivity index (χ0v) is 8.10. The van der Waals surface area contributed by atoms with Crippen molar-refractivity contribution in [1.82, 2.24) is 4.98 Å². The second-order valence-corrected chi connectivity index (χ2v) is 4.52. The fraction of sp³-hybridized carbons (Fsp3) is 0.286. The van der Waals surface area contributed by atoms with Crippen LogP contribution in [0.4, 0.5) is 13.2 Å². The van der Waals surface area contributed by atoms with Gasteiger partial charge in [0, 0.05) is 6.42 Å². The Balaban J connectivity index is 2.72. The first kappa shape index (κ1) is 11.8. The van der Waals surface area contributed by atoms with Gasteiger partial charge in [-0.3, -0.25) is 0 Å². The van der Waals surface area contributed by atoms with Crippen molar-refractivity contribution in [2.24, 2.45) is 0 Å². The zero-order chi connectivity index (χ0) is 11.5. The molecule has 0 spiro atoms. The number of hydrogen-bond donors (Lipinski definition) is 0. The van der Waals surface area contributed by atoms with E-state index in [9.17, 15) is 21.6 Å². The van der Waals surface area contributed by atoms with Crippen molar-refractivity contribution in [3.05, 3.63) is 24.4 Å². The molecule has 1 heterocycles. The largest absolute Gasteiger partial charge is 0.437 e. The number of rotatable bonds is 4. The summed E-state index contributed by atoms with van der Waals surface area (Å²) in [5.41, 5.74) is 0. The lowest BCUT2D eigenvalue weighted by atomic mass is 10.4. The monoisotopic (exact) mass is 241 g/mol. The highest BCUT2D eigenvalue weighted by Crippen LogP contribution is 2.16. The standard InChI is InChI=1S/C7H6F3NO3S/c8-5(6(9)10)1-4-15(12,13)7-11-2-3-14-7/h2-3H,1,4H2. The summed E-state index contributed by atoms with van der Waals surface area (Å²) in [5, 5.41) is -0.602. The number of halogens is 3. The van der Waals surface area contributed by atoms with Crippen molar-refractivity contribution in [3.8, 4) is 0 Å². The van der Waals surface area contributed by atoms with Crippen LogP contribution in [-0.4, -0.2) is 19.2 Å². The third-order valence-corrected chi connectivity index (χ3v) is 2.95. The number of allylic oxidation sites excluding steroid dienone is 1. The topological polar surface area (TPSA) is 60.2 Å². The second-order valence-electron chi connectivity index (χ2n) is 2.53. The lowest BCUT2D eigenvalue weighted by Crippen LogP contribution is -2.07. The molecule has 0 aliphatic carbocycles. The van der Waals surface area contributed by atoms with Crippen LogP contribution in [0.2, 0.25) is 0 Å². The van der Waals surface area contributed by atoms with E-state index in [1.807, 2.05) is 0 Å². The average Bonchev–Trinajstić information content (AvgIpc) is 2.67.